The molecule has 0 aliphatic carbocycles. The number of hydrogen-bond acceptors (Lipinski definition) is 2. The summed E-state index contributed by atoms with van der Waals surface area (Å²) in [5.74, 6) is 0. The Morgan fingerprint density at radius 3 is 1.27 bits per heavy atom. The summed E-state index contributed by atoms with van der Waals surface area (Å²) in [6.45, 7) is 0. The Morgan fingerprint density at radius 2 is 1.09 bits per heavy atom. The molecule has 2 unspecified atom stereocenters. The van der Waals surface area contributed by atoms with Crippen LogP contribution >= 0.6 is 0 Å². The summed E-state index contributed by atoms with van der Waals surface area (Å²) in [4.78, 5) is 0. The van der Waals surface area contributed by atoms with Gasteiger partial charge >= 0.3 is 0 Å². The van der Waals surface area contributed by atoms with Crippen LogP contribution < -0.4 is 0 Å². The van der Waals surface area contributed by atoms with Gasteiger partial charge in [0.15, 0.2) is 0 Å². The topological polar surface area (TPSA) is 40.5 Å². The Balaban J connectivity index is 3.66. The van der Waals surface area contributed by atoms with Gasteiger partial charge < -0.3 is 10.2 Å². The van der Waals surface area contributed by atoms with Gasteiger partial charge in [-0.1, -0.05) is 0 Å². The Labute approximate surface area is 60.4 Å². The molecule has 2 N–H and O–H groups in total. The molecule has 0 bridgehead atoms. The van der Waals surface area contributed by atoms with Crippen LogP contribution in [0.4, 0.5) is 17.6 Å². The van der Waals surface area contributed by atoms with E-state index < -0.39 is 31.5 Å². The van der Waals surface area contributed by atoms with Gasteiger partial charge in [-0.2, -0.15) is 0 Å². The third-order valence-electron chi connectivity index (χ3n) is 1.06. The lowest BCUT2D eigenvalue weighted by Crippen LogP contribution is -2.28. The van der Waals surface area contributed by atoms with Crippen molar-refractivity contribution < 1.29 is 27.8 Å². The van der Waals surface area contributed by atoms with Crippen molar-refractivity contribution in [1.82, 2.24) is 0 Å². The largest absolute Gasteiger partial charge is 0.387 e. The molecule has 0 rings (SSSR count). The maximum atomic E-state index is 11.4. The average molecular weight is 176 g/mol. The highest BCUT2D eigenvalue weighted by Gasteiger charge is 2.25. The molecule has 0 heterocycles. The first-order chi connectivity index (χ1) is 4.95. The van der Waals surface area contributed by atoms with Crippen LogP contribution in [-0.2, 0) is 0 Å². The minimum atomic E-state index is -3.09. The molecule has 2 atom stereocenters. The van der Waals surface area contributed by atoms with Gasteiger partial charge in [-0.15, -0.1) is 0 Å². The zero-order valence-corrected chi connectivity index (χ0v) is 5.42. The summed E-state index contributed by atoms with van der Waals surface area (Å²) in [7, 11) is 0. The Kier molecular flexibility index (Phi) is 4.36. The van der Waals surface area contributed by atoms with E-state index in [1.165, 1.54) is 0 Å². The fourth-order valence-electron chi connectivity index (χ4n) is 0.453. The van der Waals surface area contributed by atoms with Gasteiger partial charge in [-0.25, -0.2) is 17.6 Å². The minimum Gasteiger partial charge on any atom is -0.387 e. The average Bonchev–Trinajstić information content (AvgIpc) is 1.87. The Morgan fingerprint density at radius 1 is 0.818 bits per heavy atom. The van der Waals surface area contributed by atoms with Crippen molar-refractivity contribution in [3.8, 4) is 0 Å². The molecule has 0 aliphatic rings. The second-order valence-electron chi connectivity index (χ2n) is 2.04. The summed E-state index contributed by atoms with van der Waals surface area (Å²) in [5, 5.41) is 16.6. The molecule has 0 saturated heterocycles. The van der Waals surface area contributed by atoms with Crippen LogP contribution in [0.5, 0.6) is 0 Å². The molecule has 0 aromatic rings. The zero-order valence-electron chi connectivity index (χ0n) is 5.42. The number of aliphatic hydroxyl groups is 2. The van der Waals surface area contributed by atoms with Gasteiger partial charge in [0.25, 0.3) is 12.9 Å². The van der Waals surface area contributed by atoms with Crippen LogP contribution in [0, 0.1) is 0 Å². The smallest absolute Gasteiger partial charge is 0.264 e. The van der Waals surface area contributed by atoms with Gasteiger partial charge in [0.05, 0.1) is 0 Å². The SMILES string of the molecule is OC(CC(O)C(F)F)C(F)F. The number of aliphatic hydroxyl groups excluding tert-OH is 2. The highest BCUT2D eigenvalue weighted by Crippen LogP contribution is 2.12. The number of hydrogen-bond donors (Lipinski definition) is 2. The quantitative estimate of drug-likeness (QED) is 0.616. The van der Waals surface area contributed by atoms with Crippen molar-refractivity contribution in [3.63, 3.8) is 0 Å². The van der Waals surface area contributed by atoms with Crippen molar-refractivity contribution in [2.24, 2.45) is 0 Å². The molecule has 0 fully saturated rings. The zero-order chi connectivity index (χ0) is 9.02. The molecule has 0 aromatic carbocycles. The molecule has 0 aliphatic heterocycles. The highest BCUT2D eigenvalue weighted by atomic mass is 19.3. The summed E-state index contributed by atoms with van der Waals surface area (Å²) in [5.41, 5.74) is 0. The van der Waals surface area contributed by atoms with Gasteiger partial charge in [0.2, 0.25) is 0 Å². The van der Waals surface area contributed by atoms with E-state index in [9.17, 15) is 17.6 Å². The van der Waals surface area contributed by atoms with E-state index >= 15 is 0 Å². The molecule has 0 amide bonds. The van der Waals surface area contributed by atoms with Crippen molar-refractivity contribution in [2.75, 3.05) is 0 Å². The maximum Gasteiger partial charge on any atom is 0.264 e. The van der Waals surface area contributed by atoms with Crippen molar-refractivity contribution in [2.45, 2.75) is 31.5 Å². The van der Waals surface area contributed by atoms with E-state index in [-0.39, 0.29) is 0 Å². The first kappa shape index (κ1) is 10.6. The summed E-state index contributed by atoms with van der Waals surface area (Å²) in [6, 6.07) is 0. The van der Waals surface area contributed by atoms with E-state index in [1.54, 1.807) is 0 Å². The molecular formula is C5H8F4O2. The molecular weight excluding hydrogens is 168 g/mol. The van der Waals surface area contributed by atoms with E-state index in [0.29, 0.717) is 0 Å². The van der Waals surface area contributed by atoms with Gasteiger partial charge in [-0.05, 0) is 0 Å². The lowest BCUT2D eigenvalue weighted by molar-refractivity contribution is -0.0695. The third-order valence-corrected chi connectivity index (χ3v) is 1.06. The first-order valence-corrected chi connectivity index (χ1v) is 2.87. The van der Waals surface area contributed by atoms with E-state index in [1.807, 2.05) is 0 Å². The summed E-state index contributed by atoms with van der Waals surface area (Å²) >= 11 is 0. The molecule has 68 valence electrons. The standard InChI is InChI=1S/C5H8F4O2/c6-4(7)2(10)1-3(11)5(8)9/h2-5,10-11H,1H2. The summed E-state index contributed by atoms with van der Waals surface area (Å²) in [6.07, 6.45) is -11.6. The van der Waals surface area contributed by atoms with E-state index in [2.05, 4.69) is 0 Å². The van der Waals surface area contributed by atoms with Gasteiger partial charge in [0, 0.05) is 6.42 Å². The lowest BCUT2D eigenvalue weighted by Gasteiger charge is -2.13. The molecule has 0 aromatic heterocycles. The predicted octanol–water partition coefficient (Wildman–Crippen LogP) is 0.629. The number of alkyl halides is 4. The minimum absolute atomic E-state index is 1.00. The Bertz CT molecular complexity index is 96.7. The molecule has 0 radical (unpaired) electrons. The van der Waals surface area contributed by atoms with Crippen molar-refractivity contribution in [1.29, 1.82) is 0 Å². The Hall–Kier alpha value is -0.360. The fourth-order valence-corrected chi connectivity index (χ4v) is 0.453. The maximum absolute atomic E-state index is 11.4. The molecule has 0 spiro atoms. The molecule has 11 heavy (non-hydrogen) atoms. The molecule has 6 heteroatoms. The highest BCUT2D eigenvalue weighted by molar-refractivity contribution is 4.66. The third kappa shape index (κ3) is 4.15. The normalized spacial score (nSPS) is 17.5. The number of halogens is 4. The van der Waals surface area contributed by atoms with Crippen LogP contribution in [0.3, 0.4) is 0 Å². The van der Waals surface area contributed by atoms with Gasteiger partial charge in [-0.3, -0.25) is 0 Å². The second-order valence-corrected chi connectivity index (χ2v) is 2.04. The van der Waals surface area contributed by atoms with Crippen LogP contribution in [-0.4, -0.2) is 35.3 Å². The molecule has 0 saturated carbocycles. The van der Waals surface area contributed by atoms with Crippen molar-refractivity contribution >= 4 is 0 Å². The van der Waals surface area contributed by atoms with Crippen LogP contribution in [0.15, 0.2) is 0 Å². The lowest BCUT2D eigenvalue weighted by atomic mass is 10.2. The van der Waals surface area contributed by atoms with E-state index in [0.717, 1.165) is 0 Å². The van der Waals surface area contributed by atoms with Gasteiger partial charge in [0.1, 0.15) is 12.2 Å². The summed E-state index contributed by atoms with van der Waals surface area (Å²) < 4.78 is 45.8. The first-order valence-electron chi connectivity index (χ1n) is 2.87. The second kappa shape index (κ2) is 4.50. The van der Waals surface area contributed by atoms with Crippen LogP contribution in [0.1, 0.15) is 6.42 Å². The van der Waals surface area contributed by atoms with Crippen LogP contribution in [0.25, 0.3) is 0 Å². The predicted molar refractivity (Wildman–Crippen MR) is 28.6 cm³/mol. The number of rotatable bonds is 4. The monoisotopic (exact) mass is 176 g/mol. The van der Waals surface area contributed by atoms with E-state index in [4.69, 9.17) is 10.2 Å². The fraction of sp³-hybridized carbons (Fsp3) is 1.00. The van der Waals surface area contributed by atoms with Crippen molar-refractivity contribution in [3.05, 3.63) is 0 Å². The van der Waals surface area contributed by atoms with Crippen LogP contribution in [0.2, 0.25) is 0 Å². The molecule has 2 nitrogen and oxygen atoms in total.